The molecule has 2 aromatic carbocycles. The summed E-state index contributed by atoms with van der Waals surface area (Å²) >= 11 is 1.17. The van der Waals surface area contributed by atoms with Gasteiger partial charge in [0.15, 0.2) is 0 Å². The Morgan fingerprint density at radius 1 is 1.23 bits per heavy atom. The highest BCUT2D eigenvalue weighted by atomic mass is 32.1. The fraction of sp³-hybridized carbons (Fsp3) is 0.261. The van der Waals surface area contributed by atoms with Gasteiger partial charge in [-0.15, -0.1) is 0 Å². The van der Waals surface area contributed by atoms with Gasteiger partial charge in [-0.25, -0.2) is 4.99 Å². The zero-order valence-corrected chi connectivity index (χ0v) is 18.6. The third-order valence-corrected chi connectivity index (χ3v) is 5.43. The molecule has 0 saturated carbocycles. The molecule has 0 saturated heterocycles. The van der Waals surface area contributed by atoms with E-state index in [9.17, 15) is 5.26 Å². The number of aryl methyl sites for hydroxylation is 2. The lowest BCUT2D eigenvalue weighted by Crippen LogP contribution is -2.14. The first-order valence-corrected chi connectivity index (χ1v) is 10.3. The molecule has 1 aromatic heterocycles. The van der Waals surface area contributed by atoms with Gasteiger partial charge >= 0.3 is 0 Å². The van der Waals surface area contributed by atoms with Gasteiger partial charge in [-0.05, 0) is 56.2 Å². The molecule has 0 atom stereocenters. The Labute approximate surface area is 181 Å². The molecule has 0 fully saturated rings. The molecular weight excluding hydrogens is 396 g/mol. The first kappa shape index (κ1) is 21.3. The van der Waals surface area contributed by atoms with Crippen LogP contribution in [0, 0.1) is 25.2 Å². The molecule has 0 aliphatic rings. The van der Waals surface area contributed by atoms with E-state index in [1.807, 2.05) is 68.5 Å². The summed E-state index contributed by atoms with van der Waals surface area (Å²) in [6, 6.07) is 13.7. The van der Waals surface area contributed by atoms with E-state index in [-0.39, 0.29) is 0 Å². The summed E-state index contributed by atoms with van der Waals surface area (Å²) in [5, 5.41) is 10.2. The first-order chi connectivity index (χ1) is 14.5. The Balaban J connectivity index is 1.92. The van der Waals surface area contributed by atoms with Crippen LogP contribution in [0.3, 0.4) is 0 Å². The molecule has 3 aromatic rings. The van der Waals surface area contributed by atoms with E-state index in [1.165, 1.54) is 11.5 Å². The van der Waals surface area contributed by atoms with Crippen LogP contribution in [0.25, 0.3) is 11.3 Å². The van der Waals surface area contributed by atoms with Gasteiger partial charge in [-0.3, -0.25) is 0 Å². The zero-order valence-electron chi connectivity index (χ0n) is 17.8. The first-order valence-electron chi connectivity index (χ1n) is 9.54. The molecule has 7 heteroatoms. The maximum Gasteiger partial charge on any atom is 0.218 e. The average Bonchev–Trinajstić information content (AvgIpc) is 3.17. The summed E-state index contributed by atoms with van der Waals surface area (Å²) in [4.78, 5) is 6.56. The van der Waals surface area contributed by atoms with Crippen molar-refractivity contribution in [3.8, 4) is 33.9 Å². The number of aliphatic imine (C=N–C) groups is 1. The minimum Gasteiger partial charge on any atom is -0.497 e. The quantitative estimate of drug-likeness (QED) is 0.362. The van der Waals surface area contributed by atoms with Crippen LogP contribution < -0.4 is 9.47 Å². The van der Waals surface area contributed by atoms with Crippen molar-refractivity contribution >= 4 is 23.6 Å². The van der Waals surface area contributed by atoms with Crippen LogP contribution in [0.5, 0.6) is 16.6 Å². The number of aromatic nitrogens is 1. The predicted molar refractivity (Wildman–Crippen MR) is 121 cm³/mol. The van der Waals surface area contributed by atoms with E-state index in [0.717, 1.165) is 28.9 Å². The fourth-order valence-electron chi connectivity index (χ4n) is 2.78. The summed E-state index contributed by atoms with van der Waals surface area (Å²) in [5.74, 6) is 1.40. The van der Waals surface area contributed by atoms with Crippen molar-refractivity contribution < 1.29 is 9.47 Å². The van der Waals surface area contributed by atoms with E-state index in [1.54, 1.807) is 7.11 Å². The van der Waals surface area contributed by atoms with E-state index >= 15 is 0 Å². The lowest BCUT2D eigenvalue weighted by Gasteiger charge is -2.12. The largest absolute Gasteiger partial charge is 0.497 e. The van der Waals surface area contributed by atoms with Gasteiger partial charge in [-0.2, -0.15) is 9.64 Å². The van der Waals surface area contributed by atoms with Crippen LogP contribution in [-0.4, -0.2) is 36.3 Å². The number of nitriles is 1. The predicted octanol–water partition coefficient (Wildman–Crippen LogP) is 5.71. The molecule has 0 radical (unpaired) electrons. The van der Waals surface area contributed by atoms with Crippen LogP contribution in [0.4, 0.5) is 5.69 Å². The van der Waals surface area contributed by atoms with Crippen molar-refractivity contribution in [3.05, 3.63) is 53.1 Å². The SMILES string of the molecule is CCN(C)C=Nc1cc(C)c(Oc2snc(-c3cccc(OC)c3)c2C#N)cc1C. The highest BCUT2D eigenvalue weighted by Gasteiger charge is 2.19. The Bertz CT molecular complexity index is 1110. The zero-order chi connectivity index (χ0) is 21.7. The number of hydrogen-bond donors (Lipinski definition) is 0. The van der Waals surface area contributed by atoms with Crippen molar-refractivity contribution in [1.29, 1.82) is 5.26 Å². The molecule has 0 aliphatic carbocycles. The van der Waals surface area contributed by atoms with Crippen molar-refractivity contribution in [2.24, 2.45) is 4.99 Å². The summed E-state index contributed by atoms with van der Waals surface area (Å²) in [5.41, 5.74) is 4.64. The number of methoxy groups -OCH3 is 1. The fourth-order valence-corrected chi connectivity index (χ4v) is 3.51. The summed E-state index contributed by atoms with van der Waals surface area (Å²) in [6.07, 6.45) is 1.82. The number of rotatable bonds is 7. The van der Waals surface area contributed by atoms with E-state index in [0.29, 0.717) is 27.8 Å². The van der Waals surface area contributed by atoms with Crippen LogP contribution in [0.2, 0.25) is 0 Å². The Kier molecular flexibility index (Phi) is 6.70. The number of benzene rings is 2. The van der Waals surface area contributed by atoms with Crippen molar-refractivity contribution in [3.63, 3.8) is 0 Å². The molecule has 0 bridgehead atoms. The van der Waals surface area contributed by atoms with Crippen molar-refractivity contribution in [2.45, 2.75) is 20.8 Å². The molecule has 3 rings (SSSR count). The highest BCUT2D eigenvalue weighted by Crippen LogP contribution is 2.39. The van der Waals surface area contributed by atoms with Gasteiger partial charge in [0.2, 0.25) is 5.06 Å². The molecule has 0 aliphatic heterocycles. The Morgan fingerprint density at radius 2 is 2.03 bits per heavy atom. The number of hydrogen-bond acceptors (Lipinski definition) is 6. The average molecular weight is 421 g/mol. The molecule has 0 spiro atoms. The molecule has 154 valence electrons. The molecule has 0 amide bonds. The van der Waals surface area contributed by atoms with Crippen LogP contribution >= 0.6 is 11.5 Å². The highest BCUT2D eigenvalue weighted by molar-refractivity contribution is 7.08. The molecule has 6 nitrogen and oxygen atoms in total. The second kappa shape index (κ2) is 9.42. The smallest absolute Gasteiger partial charge is 0.218 e. The van der Waals surface area contributed by atoms with Gasteiger partial charge < -0.3 is 14.4 Å². The Morgan fingerprint density at radius 3 is 2.73 bits per heavy atom. The van der Waals surface area contributed by atoms with Crippen LogP contribution in [-0.2, 0) is 0 Å². The summed E-state index contributed by atoms with van der Waals surface area (Å²) in [6.45, 7) is 6.92. The van der Waals surface area contributed by atoms with Crippen LogP contribution in [0.1, 0.15) is 23.6 Å². The van der Waals surface area contributed by atoms with Gasteiger partial charge in [0, 0.05) is 30.7 Å². The number of ether oxygens (including phenoxy) is 2. The normalized spacial score (nSPS) is 10.8. The van der Waals surface area contributed by atoms with Gasteiger partial charge in [0.1, 0.15) is 28.8 Å². The second-order valence-electron chi connectivity index (χ2n) is 6.86. The maximum atomic E-state index is 9.75. The van der Waals surface area contributed by atoms with Crippen molar-refractivity contribution in [1.82, 2.24) is 9.27 Å². The third-order valence-electron chi connectivity index (χ3n) is 4.70. The van der Waals surface area contributed by atoms with Gasteiger partial charge in [0.25, 0.3) is 0 Å². The summed E-state index contributed by atoms with van der Waals surface area (Å²) in [7, 11) is 3.59. The minimum atomic E-state index is 0.414. The lowest BCUT2D eigenvalue weighted by atomic mass is 10.1. The van der Waals surface area contributed by atoms with Gasteiger partial charge in [0.05, 0.1) is 19.1 Å². The topological polar surface area (TPSA) is 70.7 Å². The third kappa shape index (κ3) is 4.61. The van der Waals surface area contributed by atoms with Gasteiger partial charge in [-0.1, -0.05) is 12.1 Å². The number of nitrogens with zero attached hydrogens (tertiary/aromatic N) is 4. The van der Waals surface area contributed by atoms with Crippen molar-refractivity contribution in [2.75, 3.05) is 20.7 Å². The lowest BCUT2D eigenvalue weighted by molar-refractivity contribution is 0.415. The summed E-state index contributed by atoms with van der Waals surface area (Å²) < 4.78 is 15.9. The van der Waals surface area contributed by atoms with E-state index in [2.05, 4.69) is 22.4 Å². The maximum absolute atomic E-state index is 9.75. The monoisotopic (exact) mass is 420 g/mol. The molecule has 30 heavy (non-hydrogen) atoms. The van der Waals surface area contributed by atoms with E-state index < -0.39 is 0 Å². The molecule has 0 N–H and O–H groups in total. The minimum absolute atomic E-state index is 0.414. The molecule has 1 heterocycles. The van der Waals surface area contributed by atoms with E-state index in [4.69, 9.17) is 9.47 Å². The second-order valence-corrected chi connectivity index (χ2v) is 7.60. The van der Waals surface area contributed by atoms with Crippen LogP contribution in [0.15, 0.2) is 41.4 Å². The standard InChI is InChI=1S/C23H24N4O2S/c1-6-27(4)14-25-20-10-16(3)21(11-15(20)2)29-23-19(13-24)22(26-30-23)17-8-7-9-18(12-17)28-5/h7-12,14H,6H2,1-5H3. The molecule has 0 unspecified atom stereocenters. The molecular formula is C23H24N4O2S. The Hall–Kier alpha value is -3.37.